The molecule has 6 nitrogen and oxygen atoms in total. The summed E-state index contributed by atoms with van der Waals surface area (Å²) in [5, 5.41) is 11.8. The maximum absolute atomic E-state index is 12.0. The number of H-pyrrole nitrogens is 1. The largest absolute Gasteiger partial charge is 0.345 e. The van der Waals surface area contributed by atoms with E-state index in [0.717, 1.165) is 6.54 Å². The average Bonchev–Trinajstić information content (AvgIpc) is 2.72. The number of anilines is 1. The highest BCUT2D eigenvalue weighted by Crippen LogP contribution is 2.10. The highest BCUT2D eigenvalue weighted by molar-refractivity contribution is 5.50. The molecule has 0 atom stereocenters. The standard InChI is InChI=1S/C11H13N5O/c1-4-15(3)11-13-9-5-7(2)8(6-12)10(17)16(9)14-11/h5H,4H2,1-3H3,(H,13,14). The van der Waals surface area contributed by atoms with Crippen LogP contribution < -0.4 is 10.5 Å². The lowest BCUT2D eigenvalue weighted by Gasteiger charge is -2.10. The molecule has 0 radical (unpaired) electrons. The van der Waals surface area contributed by atoms with Gasteiger partial charge in [-0.15, -0.1) is 0 Å². The summed E-state index contributed by atoms with van der Waals surface area (Å²) in [5.74, 6) is 0.610. The lowest BCUT2D eigenvalue weighted by atomic mass is 10.2. The van der Waals surface area contributed by atoms with Crippen LogP contribution in [0.3, 0.4) is 0 Å². The van der Waals surface area contributed by atoms with Gasteiger partial charge in [0.25, 0.3) is 5.56 Å². The normalized spacial score (nSPS) is 10.5. The second kappa shape index (κ2) is 3.94. The van der Waals surface area contributed by atoms with Crippen molar-refractivity contribution in [3.05, 3.63) is 27.5 Å². The zero-order chi connectivity index (χ0) is 12.6. The molecule has 0 spiro atoms. The summed E-state index contributed by atoms with van der Waals surface area (Å²) in [5.41, 5.74) is 0.971. The van der Waals surface area contributed by atoms with E-state index < -0.39 is 0 Å². The number of hydrogen-bond acceptors (Lipinski definition) is 4. The van der Waals surface area contributed by atoms with E-state index in [1.54, 1.807) is 13.0 Å². The predicted molar refractivity (Wildman–Crippen MR) is 64.2 cm³/mol. The summed E-state index contributed by atoms with van der Waals surface area (Å²) >= 11 is 0. The van der Waals surface area contributed by atoms with E-state index in [-0.39, 0.29) is 11.1 Å². The molecule has 0 aliphatic rings. The van der Waals surface area contributed by atoms with Crippen molar-refractivity contribution in [1.82, 2.24) is 14.6 Å². The maximum atomic E-state index is 12.0. The van der Waals surface area contributed by atoms with Gasteiger partial charge in [0, 0.05) is 13.6 Å². The van der Waals surface area contributed by atoms with Gasteiger partial charge in [-0.05, 0) is 25.5 Å². The number of nitrogens with zero attached hydrogens (tertiary/aromatic N) is 4. The lowest BCUT2D eigenvalue weighted by molar-refractivity contribution is 0.859. The molecule has 1 N–H and O–H groups in total. The molecule has 6 heteroatoms. The van der Waals surface area contributed by atoms with Crippen LogP contribution in [-0.4, -0.2) is 28.2 Å². The van der Waals surface area contributed by atoms with Crippen LogP contribution in [0.25, 0.3) is 5.65 Å². The summed E-state index contributed by atoms with van der Waals surface area (Å²) in [6.07, 6.45) is 0. The highest BCUT2D eigenvalue weighted by Gasteiger charge is 2.12. The third-order valence-electron chi connectivity index (χ3n) is 2.77. The number of pyridine rings is 1. The van der Waals surface area contributed by atoms with Crippen molar-refractivity contribution in [1.29, 1.82) is 5.26 Å². The van der Waals surface area contributed by atoms with Gasteiger partial charge in [0.15, 0.2) is 5.65 Å². The van der Waals surface area contributed by atoms with E-state index in [1.165, 1.54) is 4.52 Å². The Balaban J connectivity index is 2.75. The monoisotopic (exact) mass is 231 g/mol. The minimum Gasteiger partial charge on any atom is -0.345 e. The van der Waals surface area contributed by atoms with E-state index in [9.17, 15) is 4.79 Å². The van der Waals surface area contributed by atoms with Crippen molar-refractivity contribution >= 4 is 11.6 Å². The zero-order valence-electron chi connectivity index (χ0n) is 9.98. The van der Waals surface area contributed by atoms with Crippen LogP contribution in [-0.2, 0) is 0 Å². The molecule has 0 saturated heterocycles. The van der Waals surface area contributed by atoms with Crippen LogP contribution >= 0.6 is 0 Å². The first-order chi connectivity index (χ1) is 8.08. The topological polar surface area (TPSA) is 77.2 Å². The fourth-order valence-corrected chi connectivity index (χ4v) is 1.60. The predicted octanol–water partition coefficient (Wildman–Crippen LogP) is 0.659. The molecule has 0 aromatic carbocycles. The van der Waals surface area contributed by atoms with Crippen LogP contribution in [0.5, 0.6) is 0 Å². The van der Waals surface area contributed by atoms with Crippen LogP contribution in [0.1, 0.15) is 18.1 Å². The Morgan fingerprint density at radius 1 is 1.65 bits per heavy atom. The smallest absolute Gasteiger partial charge is 0.289 e. The van der Waals surface area contributed by atoms with Gasteiger partial charge in [-0.1, -0.05) is 0 Å². The van der Waals surface area contributed by atoms with Gasteiger partial charge in [0.1, 0.15) is 11.6 Å². The second-order valence-corrected chi connectivity index (χ2v) is 3.87. The Morgan fingerprint density at radius 3 is 2.94 bits per heavy atom. The van der Waals surface area contributed by atoms with E-state index in [2.05, 4.69) is 10.1 Å². The molecule has 2 rings (SSSR count). The van der Waals surface area contributed by atoms with E-state index in [1.807, 2.05) is 24.9 Å². The van der Waals surface area contributed by atoms with Crippen LogP contribution in [0.15, 0.2) is 10.9 Å². The summed E-state index contributed by atoms with van der Waals surface area (Å²) in [6.45, 7) is 4.50. The average molecular weight is 231 g/mol. The van der Waals surface area contributed by atoms with Crippen molar-refractivity contribution in [2.45, 2.75) is 13.8 Å². The Morgan fingerprint density at radius 2 is 2.35 bits per heavy atom. The van der Waals surface area contributed by atoms with Crippen LogP contribution in [0, 0.1) is 18.3 Å². The molecule has 0 unspecified atom stereocenters. The molecule has 0 saturated carbocycles. The molecule has 0 bridgehead atoms. The highest BCUT2D eigenvalue weighted by atomic mass is 16.1. The molecule has 2 aromatic heterocycles. The van der Waals surface area contributed by atoms with Gasteiger partial charge in [0.05, 0.1) is 0 Å². The van der Waals surface area contributed by atoms with Crippen LogP contribution in [0.2, 0.25) is 0 Å². The number of aromatic amines is 1. The summed E-state index contributed by atoms with van der Waals surface area (Å²) < 4.78 is 1.30. The van der Waals surface area contributed by atoms with Gasteiger partial charge in [-0.3, -0.25) is 9.89 Å². The SMILES string of the molecule is CCN(C)c1nc2cc(C)c(C#N)c(=O)n2[nH]1. The summed E-state index contributed by atoms with van der Waals surface area (Å²) in [6, 6.07) is 3.64. The Kier molecular flexibility index (Phi) is 2.60. The van der Waals surface area contributed by atoms with Crippen molar-refractivity contribution in [3.8, 4) is 6.07 Å². The first-order valence-electron chi connectivity index (χ1n) is 5.32. The number of fused-ring (bicyclic) bond motifs is 1. The number of aryl methyl sites for hydroxylation is 1. The number of nitriles is 1. The van der Waals surface area contributed by atoms with Crippen molar-refractivity contribution in [3.63, 3.8) is 0 Å². The second-order valence-electron chi connectivity index (χ2n) is 3.87. The summed E-state index contributed by atoms with van der Waals surface area (Å²) in [7, 11) is 1.88. The molecular weight excluding hydrogens is 218 g/mol. The molecule has 0 aliphatic heterocycles. The molecule has 88 valence electrons. The molecule has 2 aromatic rings. The molecule has 17 heavy (non-hydrogen) atoms. The number of rotatable bonds is 2. The number of hydrogen-bond donors (Lipinski definition) is 1. The van der Waals surface area contributed by atoms with Crippen molar-refractivity contribution < 1.29 is 0 Å². The number of nitrogens with one attached hydrogen (secondary N) is 1. The minimum atomic E-state index is -0.356. The third-order valence-corrected chi connectivity index (χ3v) is 2.77. The van der Waals surface area contributed by atoms with Crippen LogP contribution in [0.4, 0.5) is 5.95 Å². The molecular formula is C11H13N5O. The van der Waals surface area contributed by atoms with E-state index in [0.29, 0.717) is 17.2 Å². The van der Waals surface area contributed by atoms with Crippen molar-refractivity contribution in [2.75, 3.05) is 18.5 Å². The molecule has 0 amide bonds. The Bertz CT molecular complexity index is 661. The first-order valence-corrected chi connectivity index (χ1v) is 5.32. The Labute approximate surface area is 98.1 Å². The zero-order valence-corrected chi connectivity index (χ0v) is 9.98. The molecule has 0 aliphatic carbocycles. The van der Waals surface area contributed by atoms with Gasteiger partial charge in [-0.2, -0.15) is 14.8 Å². The fraction of sp³-hybridized carbons (Fsp3) is 0.364. The minimum absolute atomic E-state index is 0.150. The van der Waals surface area contributed by atoms with Crippen molar-refractivity contribution in [2.24, 2.45) is 0 Å². The number of aromatic nitrogens is 3. The fourth-order valence-electron chi connectivity index (χ4n) is 1.60. The molecule has 2 heterocycles. The maximum Gasteiger partial charge on any atom is 0.289 e. The first kappa shape index (κ1) is 11.2. The van der Waals surface area contributed by atoms with Gasteiger partial charge >= 0.3 is 0 Å². The van der Waals surface area contributed by atoms with Gasteiger partial charge < -0.3 is 4.90 Å². The lowest BCUT2D eigenvalue weighted by Crippen LogP contribution is -2.20. The van der Waals surface area contributed by atoms with Gasteiger partial charge in [-0.25, -0.2) is 0 Å². The third kappa shape index (κ3) is 1.65. The van der Waals surface area contributed by atoms with Gasteiger partial charge in [0.2, 0.25) is 5.95 Å². The Hall–Kier alpha value is -2.29. The van der Waals surface area contributed by atoms with E-state index >= 15 is 0 Å². The summed E-state index contributed by atoms with van der Waals surface area (Å²) in [4.78, 5) is 18.1. The van der Waals surface area contributed by atoms with E-state index in [4.69, 9.17) is 5.26 Å². The molecule has 0 fully saturated rings. The quantitative estimate of drug-likeness (QED) is 0.823.